The molecule has 2 rings (SSSR count). The second-order valence-corrected chi connectivity index (χ2v) is 3.34. The van der Waals surface area contributed by atoms with Crippen LogP contribution in [0, 0.1) is 0 Å². The molecule has 0 heterocycles. The third kappa shape index (κ3) is 18.4. The maximum atomic E-state index is 10.2. The smallest absolute Gasteiger partial charge is 0.335 e. The molecule has 2 aromatic carbocycles. The van der Waals surface area contributed by atoms with E-state index in [1.54, 1.807) is 60.7 Å². The minimum atomic E-state index is -0.879. The minimum Gasteiger partial charge on any atom is -0.478 e. The zero-order valence-electron chi connectivity index (χ0n) is 15.1. The van der Waals surface area contributed by atoms with Crippen LogP contribution in [0.25, 0.3) is 0 Å². The third-order valence-corrected chi connectivity index (χ3v) is 2.04. The first kappa shape index (κ1) is 30.2. The van der Waals surface area contributed by atoms with Gasteiger partial charge in [-0.05, 0) is 24.3 Å². The van der Waals surface area contributed by atoms with Crippen molar-refractivity contribution in [1.82, 2.24) is 0 Å². The molecule has 4 nitrogen and oxygen atoms in total. The van der Waals surface area contributed by atoms with Gasteiger partial charge in [0.05, 0.1) is 11.1 Å². The molecule has 0 spiro atoms. The van der Waals surface area contributed by atoms with Crippen molar-refractivity contribution in [3.8, 4) is 0 Å². The van der Waals surface area contributed by atoms with Crippen LogP contribution < -0.4 is 0 Å². The van der Waals surface area contributed by atoms with Crippen molar-refractivity contribution < 1.29 is 19.8 Å². The third-order valence-electron chi connectivity index (χ3n) is 2.04. The first-order valence-electron chi connectivity index (χ1n) is 7.18. The zero-order chi connectivity index (χ0) is 21.4. The summed E-state index contributed by atoms with van der Waals surface area (Å²) in [6.45, 7) is 24.0. The zero-order valence-corrected chi connectivity index (χ0v) is 15.1. The second kappa shape index (κ2) is 26.2. The fraction of sp³-hybridized carbons (Fsp3) is 0. The highest BCUT2D eigenvalue weighted by Crippen LogP contribution is 1.96. The van der Waals surface area contributed by atoms with E-state index < -0.39 is 11.9 Å². The van der Waals surface area contributed by atoms with Crippen LogP contribution in [0.4, 0.5) is 0 Å². The number of carboxylic acid groups (broad SMARTS) is 2. The molecular weight excluding hydrogens is 328 g/mol. The van der Waals surface area contributed by atoms with E-state index >= 15 is 0 Å². The summed E-state index contributed by atoms with van der Waals surface area (Å²) in [6.07, 6.45) is 0. The first-order valence-corrected chi connectivity index (χ1v) is 7.18. The molecule has 0 fully saturated rings. The molecule has 2 aromatic rings. The van der Waals surface area contributed by atoms with Crippen LogP contribution in [0.2, 0.25) is 0 Å². The average molecular weight is 356 g/mol. The molecule has 0 bridgehead atoms. The van der Waals surface area contributed by atoms with Crippen molar-refractivity contribution in [2.45, 2.75) is 0 Å². The summed E-state index contributed by atoms with van der Waals surface area (Å²) >= 11 is 0. The predicted octanol–water partition coefficient (Wildman–Crippen LogP) is 5.98. The Bertz CT molecular complexity index is 508. The van der Waals surface area contributed by atoms with E-state index in [0.29, 0.717) is 11.1 Å². The van der Waals surface area contributed by atoms with Gasteiger partial charge in [0.1, 0.15) is 0 Å². The minimum absolute atomic E-state index is 0.331. The monoisotopic (exact) mass is 356 g/mol. The van der Waals surface area contributed by atoms with Crippen LogP contribution in [0.15, 0.2) is 113 Å². The van der Waals surface area contributed by atoms with Gasteiger partial charge >= 0.3 is 11.9 Å². The van der Waals surface area contributed by atoms with Gasteiger partial charge in [-0.3, -0.25) is 0 Å². The summed E-state index contributed by atoms with van der Waals surface area (Å²) in [6, 6.07) is 16.6. The number of aromatic carboxylic acids is 2. The molecule has 26 heavy (non-hydrogen) atoms. The maximum Gasteiger partial charge on any atom is 0.335 e. The standard InChI is InChI=1S/2C7H6O2.4C2H4/c2*8-7(9)6-4-2-1-3-5-6;4*1-2/h2*1-5H,(H,8,9);4*1-2H2. The van der Waals surface area contributed by atoms with E-state index in [4.69, 9.17) is 10.2 Å². The summed E-state index contributed by atoms with van der Waals surface area (Å²) in [5.74, 6) is -1.76. The van der Waals surface area contributed by atoms with Crippen LogP contribution in [0.3, 0.4) is 0 Å². The van der Waals surface area contributed by atoms with Crippen molar-refractivity contribution in [2.24, 2.45) is 0 Å². The highest BCUT2D eigenvalue weighted by molar-refractivity contribution is 5.87. The van der Waals surface area contributed by atoms with Crippen LogP contribution in [-0.2, 0) is 0 Å². The van der Waals surface area contributed by atoms with Gasteiger partial charge in [-0.1, -0.05) is 36.4 Å². The van der Waals surface area contributed by atoms with Gasteiger partial charge in [-0.15, -0.1) is 52.6 Å². The SMILES string of the molecule is C=C.C=C.C=C.C=C.O=C(O)c1ccccc1.O=C(O)c1ccccc1. The van der Waals surface area contributed by atoms with Gasteiger partial charge in [0.15, 0.2) is 0 Å². The number of rotatable bonds is 2. The van der Waals surface area contributed by atoms with Gasteiger partial charge in [-0.25, -0.2) is 9.59 Å². The lowest BCUT2D eigenvalue weighted by Gasteiger charge is -1.88. The fourth-order valence-corrected chi connectivity index (χ4v) is 1.16. The lowest BCUT2D eigenvalue weighted by atomic mass is 10.2. The van der Waals surface area contributed by atoms with E-state index in [9.17, 15) is 9.59 Å². The molecule has 4 heteroatoms. The lowest BCUT2D eigenvalue weighted by molar-refractivity contribution is 0.0686. The molecule has 0 amide bonds. The Kier molecular flexibility index (Phi) is 30.5. The van der Waals surface area contributed by atoms with E-state index in [2.05, 4.69) is 52.6 Å². The van der Waals surface area contributed by atoms with Crippen LogP contribution in [0.5, 0.6) is 0 Å². The first-order chi connectivity index (χ1) is 12.6. The molecule has 0 saturated heterocycles. The highest BCUT2D eigenvalue weighted by atomic mass is 16.4. The fourth-order valence-electron chi connectivity index (χ4n) is 1.16. The largest absolute Gasteiger partial charge is 0.478 e. The summed E-state index contributed by atoms with van der Waals surface area (Å²) in [5.41, 5.74) is 0.662. The summed E-state index contributed by atoms with van der Waals surface area (Å²) in [7, 11) is 0. The highest BCUT2D eigenvalue weighted by Gasteiger charge is 1.97. The normalized spacial score (nSPS) is 6.77. The Morgan fingerprint density at radius 2 is 0.692 bits per heavy atom. The quantitative estimate of drug-likeness (QED) is 0.649. The average Bonchev–Trinajstić information content (AvgIpc) is 2.75. The number of benzene rings is 2. The van der Waals surface area contributed by atoms with Crippen molar-refractivity contribution in [2.75, 3.05) is 0 Å². The Labute approximate surface area is 156 Å². The topological polar surface area (TPSA) is 74.6 Å². The van der Waals surface area contributed by atoms with E-state index in [1.807, 2.05) is 0 Å². The summed E-state index contributed by atoms with van der Waals surface area (Å²) in [5, 5.41) is 16.8. The van der Waals surface area contributed by atoms with Gasteiger partial charge in [0, 0.05) is 0 Å². The molecule has 0 aliphatic rings. The molecule has 0 radical (unpaired) electrons. The number of hydrogen-bond acceptors (Lipinski definition) is 2. The second-order valence-electron chi connectivity index (χ2n) is 3.34. The molecule has 0 aromatic heterocycles. The van der Waals surface area contributed by atoms with Crippen LogP contribution in [0.1, 0.15) is 20.7 Å². The summed E-state index contributed by atoms with van der Waals surface area (Å²) < 4.78 is 0. The number of hydrogen-bond donors (Lipinski definition) is 2. The number of carboxylic acids is 2. The van der Waals surface area contributed by atoms with Crippen molar-refractivity contribution in [1.29, 1.82) is 0 Å². The van der Waals surface area contributed by atoms with Crippen molar-refractivity contribution in [3.05, 3.63) is 124 Å². The maximum absolute atomic E-state index is 10.2. The van der Waals surface area contributed by atoms with Gasteiger partial charge in [0.2, 0.25) is 0 Å². The van der Waals surface area contributed by atoms with Gasteiger partial charge in [0.25, 0.3) is 0 Å². The molecule has 0 unspecified atom stereocenters. The van der Waals surface area contributed by atoms with Crippen molar-refractivity contribution >= 4 is 11.9 Å². The van der Waals surface area contributed by atoms with Gasteiger partial charge in [-0.2, -0.15) is 0 Å². The molecule has 0 aliphatic heterocycles. The van der Waals surface area contributed by atoms with Crippen LogP contribution >= 0.6 is 0 Å². The van der Waals surface area contributed by atoms with E-state index in [0.717, 1.165) is 0 Å². The van der Waals surface area contributed by atoms with Crippen molar-refractivity contribution in [3.63, 3.8) is 0 Å². The molecule has 2 N–H and O–H groups in total. The van der Waals surface area contributed by atoms with E-state index in [1.165, 1.54) is 0 Å². The Morgan fingerprint density at radius 1 is 0.500 bits per heavy atom. The molecule has 140 valence electrons. The molecule has 0 aliphatic carbocycles. The Balaban J connectivity index is -0.000000135. The van der Waals surface area contributed by atoms with Gasteiger partial charge < -0.3 is 10.2 Å². The Hall–Kier alpha value is -3.66. The van der Waals surface area contributed by atoms with Crippen LogP contribution in [-0.4, -0.2) is 22.2 Å². The molecule has 0 saturated carbocycles. The molecular formula is C22H28O4. The lowest BCUT2D eigenvalue weighted by Crippen LogP contribution is -1.93. The number of carbonyl (C=O) groups is 2. The predicted molar refractivity (Wildman–Crippen MR) is 112 cm³/mol. The Morgan fingerprint density at radius 3 is 0.808 bits per heavy atom. The molecule has 0 atom stereocenters. The summed E-state index contributed by atoms with van der Waals surface area (Å²) in [4.78, 5) is 20.4. The van der Waals surface area contributed by atoms with E-state index in [-0.39, 0.29) is 0 Å².